The third kappa shape index (κ3) is 5.71. The Morgan fingerprint density at radius 2 is 2.10 bits per heavy atom. The van der Waals surface area contributed by atoms with E-state index in [-0.39, 0.29) is 11.8 Å². The van der Waals surface area contributed by atoms with Gasteiger partial charge in [-0.15, -0.1) is 0 Å². The van der Waals surface area contributed by atoms with Crippen molar-refractivity contribution in [2.24, 2.45) is 11.8 Å². The first kappa shape index (κ1) is 17.4. The Balaban J connectivity index is 2.70. The van der Waals surface area contributed by atoms with Crippen LogP contribution in [0.15, 0.2) is 18.3 Å². The van der Waals surface area contributed by atoms with Crippen LogP contribution in [-0.4, -0.2) is 38.1 Å². The van der Waals surface area contributed by atoms with Gasteiger partial charge in [-0.2, -0.15) is 0 Å². The molecule has 21 heavy (non-hydrogen) atoms. The molecule has 5 nitrogen and oxygen atoms in total. The zero-order valence-electron chi connectivity index (χ0n) is 13.8. The van der Waals surface area contributed by atoms with E-state index in [1.165, 1.54) is 0 Å². The SMILES string of the molecule is CNC(=O)C(C)CN(C)c1ncccc1CNCC(C)C. The molecule has 0 saturated carbocycles. The Morgan fingerprint density at radius 3 is 2.71 bits per heavy atom. The Morgan fingerprint density at radius 1 is 1.38 bits per heavy atom. The summed E-state index contributed by atoms with van der Waals surface area (Å²) in [6.45, 7) is 8.72. The van der Waals surface area contributed by atoms with E-state index in [1.807, 2.05) is 24.9 Å². The second kappa shape index (κ2) is 8.62. The zero-order chi connectivity index (χ0) is 15.8. The lowest BCUT2D eigenvalue weighted by Crippen LogP contribution is -2.35. The summed E-state index contributed by atoms with van der Waals surface area (Å²) in [7, 11) is 3.65. The van der Waals surface area contributed by atoms with Crippen molar-refractivity contribution in [1.82, 2.24) is 15.6 Å². The van der Waals surface area contributed by atoms with Gasteiger partial charge in [-0.05, 0) is 18.5 Å². The third-order valence-corrected chi connectivity index (χ3v) is 3.34. The minimum absolute atomic E-state index is 0.0530. The molecule has 1 atom stereocenters. The minimum Gasteiger partial charge on any atom is -0.359 e. The normalized spacial score (nSPS) is 12.3. The number of aromatic nitrogens is 1. The lowest BCUT2D eigenvalue weighted by molar-refractivity contribution is -0.123. The van der Waals surface area contributed by atoms with E-state index >= 15 is 0 Å². The molecular formula is C16H28N4O. The van der Waals surface area contributed by atoms with Crippen molar-refractivity contribution in [1.29, 1.82) is 0 Å². The maximum absolute atomic E-state index is 11.6. The van der Waals surface area contributed by atoms with Crippen LogP contribution in [0.1, 0.15) is 26.3 Å². The molecule has 1 aromatic rings. The number of nitrogens with zero attached hydrogens (tertiary/aromatic N) is 2. The second-order valence-corrected chi connectivity index (χ2v) is 5.91. The molecule has 5 heteroatoms. The first-order valence-corrected chi connectivity index (χ1v) is 7.53. The Hall–Kier alpha value is -1.62. The van der Waals surface area contributed by atoms with Gasteiger partial charge in [0.1, 0.15) is 5.82 Å². The highest BCUT2D eigenvalue weighted by Crippen LogP contribution is 2.17. The Labute approximate surface area is 128 Å². The molecule has 1 rings (SSSR count). The van der Waals surface area contributed by atoms with E-state index in [4.69, 9.17) is 0 Å². The molecule has 0 saturated heterocycles. The fourth-order valence-electron chi connectivity index (χ4n) is 2.23. The largest absolute Gasteiger partial charge is 0.359 e. The standard InChI is InChI=1S/C16H28N4O/c1-12(2)9-18-10-14-7-6-8-19-15(14)20(5)11-13(3)16(21)17-4/h6-8,12-13,18H,9-11H2,1-5H3,(H,17,21). The van der Waals surface area contributed by atoms with E-state index in [0.29, 0.717) is 12.5 Å². The Bertz CT molecular complexity index is 448. The van der Waals surface area contributed by atoms with Crippen molar-refractivity contribution in [3.63, 3.8) is 0 Å². The summed E-state index contributed by atoms with van der Waals surface area (Å²) in [5.41, 5.74) is 1.16. The number of nitrogens with one attached hydrogen (secondary N) is 2. The number of hydrogen-bond donors (Lipinski definition) is 2. The predicted octanol–water partition coefficient (Wildman–Crippen LogP) is 1.65. The van der Waals surface area contributed by atoms with Gasteiger partial charge in [0.25, 0.3) is 0 Å². The van der Waals surface area contributed by atoms with Gasteiger partial charge in [-0.25, -0.2) is 4.98 Å². The highest BCUT2D eigenvalue weighted by molar-refractivity contribution is 5.78. The topological polar surface area (TPSA) is 57.3 Å². The Kier molecular flexibility index (Phi) is 7.15. The van der Waals surface area contributed by atoms with E-state index in [2.05, 4.69) is 35.5 Å². The van der Waals surface area contributed by atoms with Crippen LogP contribution in [0.3, 0.4) is 0 Å². The molecule has 118 valence electrons. The van der Waals surface area contributed by atoms with E-state index in [9.17, 15) is 4.79 Å². The van der Waals surface area contributed by atoms with Crippen LogP contribution >= 0.6 is 0 Å². The lowest BCUT2D eigenvalue weighted by Gasteiger charge is -2.24. The fourth-order valence-corrected chi connectivity index (χ4v) is 2.23. The maximum atomic E-state index is 11.6. The number of amides is 1. The first-order valence-electron chi connectivity index (χ1n) is 7.53. The molecule has 1 heterocycles. The van der Waals surface area contributed by atoms with Crippen LogP contribution in [0.4, 0.5) is 5.82 Å². The highest BCUT2D eigenvalue weighted by Gasteiger charge is 2.16. The molecule has 1 aromatic heterocycles. The first-order chi connectivity index (χ1) is 9.95. The van der Waals surface area contributed by atoms with Gasteiger partial charge in [-0.3, -0.25) is 4.79 Å². The van der Waals surface area contributed by atoms with Crippen LogP contribution in [0.25, 0.3) is 0 Å². The third-order valence-electron chi connectivity index (χ3n) is 3.34. The molecule has 0 fully saturated rings. The number of carbonyl (C=O) groups excluding carboxylic acids is 1. The number of rotatable bonds is 8. The van der Waals surface area contributed by atoms with Crippen LogP contribution in [0.2, 0.25) is 0 Å². The zero-order valence-corrected chi connectivity index (χ0v) is 13.8. The van der Waals surface area contributed by atoms with Crippen molar-refractivity contribution >= 4 is 11.7 Å². The van der Waals surface area contributed by atoms with Crippen molar-refractivity contribution in [2.75, 3.05) is 32.1 Å². The lowest BCUT2D eigenvalue weighted by atomic mass is 10.1. The van der Waals surface area contributed by atoms with Crippen molar-refractivity contribution in [3.05, 3.63) is 23.9 Å². The molecule has 0 aliphatic rings. The molecule has 0 aliphatic heterocycles. The smallest absolute Gasteiger partial charge is 0.224 e. The fraction of sp³-hybridized carbons (Fsp3) is 0.625. The van der Waals surface area contributed by atoms with Gasteiger partial charge in [0.05, 0.1) is 5.92 Å². The van der Waals surface area contributed by atoms with Gasteiger partial charge in [0, 0.05) is 38.9 Å². The molecule has 0 bridgehead atoms. The monoisotopic (exact) mass is 292 g/mol. The number of pyridine rings is 1. The predicted molar refractivity (Wildman–Crippen MR) is 87.3 cm³/mol. The quantitative estimate of drug-likeness (QED) is 0.765. The average Bonchev–Trinajstić information content (AvgIpc) is 2.46. The maximum Gasteiger partial charge on any atom is 0.224 e. The van der Waals surface area contributed by atoms with Gasteiger partial charge in [-0.1, -0.05) is 26.8 Å². The number of hydrogen-bond acceptors (Lipinski definition) is 4. The number of anilines is 1. The summed E-state index contributed by atoms with van der Waals surface area (Å²) in [6, 6.07) is 4.03. The van der Waals surface area contributed by atoms with E-state index in [0.717, 1.165) is 24.5 Å². The molecule has 0 spiro atoms. The summed E-state index contributed by atoms with van der Waals surface area (Å²) in [4.78, 5) is 18.2. The molecule has 1 amide bonds. The second-order valence-electron chi connectivity index (χ2n) is 5.91. The molecule has 0 radical (unpaired) electrons. The molecule has 2 N–H and O–H groups in total. The van der Waals surface area contributed by atoms with Crippen molar-refractivity contribution < 1.29 is 4.79 Å². The van der Waals surface area contributed by atoms with Crippen LogP contribution in [0, 0.1) is 11.8 Å². The van der Waals surface area contributed by atoms with Crippen molar-refractivity contribution in [2.45, 2.75) is 27.3 Å². The summed E-state index contributed by atoms with van der Waals surface area (Å²) in [5, 5.41) is 6.12. The summed E-state index contributed by atoms with van der Waals surface area (Å²) in [6.07, 6.45) is 1.79. The molecule has 0 aliphatic carbocycles. The highest BCUT2D eigenvalue weighted by atomic mass is 16.1. The minimum atomic E-state index is -0.0709. The van der Waals surface area contributed by atoms with Crippen LogP contribution < -0.4 is 15.5 Å². The number of carbonyl (C=O) groups is 1. The van der Waals surface area contributed by atoms with Crippen LogP contribution in [-0.2, 0) is 11.3 Å². The van der Waals surface area contributed by atoms with Gasteiger partial charge >= 0.3 is 0 Å². The van der Waals surface area contributed by atoms with Crippen LogP contribution in [0.5, 0.6) is 0 Å². The van der Waals surface area contributed by atoms with E-state index in [1.54, 1.807) is 13.2 Å². The summed E-state index contributed by atoms with van der Waals surface area (Å²) >= 11 is 0. The summed E-state index contributed by atoms with van der Waals surface area (Å²) < 4.78 is 0. The van der Waals surface area contributed by atoms with E-state index < -0.39 is 0 Å². The van der Waals surface area contributed by atoms with Gasteiger partial charge < -0.3 is 15.5 Å². The molecule has 1 unspecified atom stereocenters. The van der Waals surface area contributed by atoms with Gasteiger partial charge in [0.2, 0.25) is 5.91 Å². The van der Waals surface area contributed by atoms with Crippen molar-refractivity contribution in [3.8, 4) is 0 Å². The molecule has 0 aromatic carbocycles. The van der Waals surface area contributed by atoms with Gasteiger partial charge in [0.15, 0.2) is 0 Å². The summed E-state index contributed by atoms with van der Waals surface area (Å²) in [5.74, 6) is 1.54. The average molecular weight is 292 g/mol. The molecular weight excluding hydrogens is 264 g/mol.